The summed E-state index contributed by atoms with van der Waals surface area (Å²) in [6, 6.07) is -0.442. The van der Waals surface area contributed by atoms with E-state index in [0.29, 0.717) is 32.4 Å². The molecule has 6 rings (SSSR count). The largest absolute Gasteiger partial charge is 0.392 e. The number of likely N-dealkylation sites (N-methyl/N-ethyl adjacent to an activating group) is 1. The van der Waals surface area contributed by atoms with E-state index in [1.165, 1.54) is 0 Å². The van der Waals surface area contributed by atoms with Crippen LogP contribution in [0.25, 0.3) is 0 Å². The molecule has 8 nitrogen and oxygen atoms in total. The first-order valence-corrected chi connectivity index (χ1v) is 12.3. The minimum atomic E-state index is -1.63. The zero-order valence-corrected chi connectivity index (χ0v) is 19.6. The zero-order valence-electron chi connectivity index (χ0n) is 19.6. The highest BCUT2D eigenvalue weighted by Gasteiger charge is 2.91. The molecule has 1 saturated heterocycles. The average molecular weight is 454 g/mol. The standard InChI is InChI=1S/C24H39NO7/c1-5-25-10-21(11-30-2)7-6-15(26)23-13-8-12-14(31-3)9-22(32-4,16(13)17(12)27)24(29,20(23)25)19(28)18(21)23/h12-20,26-29H,5-11H2,1-4H3/t12-,13-,14+,15+,16-,17+,18-,19-,20+,21+,22-,23+,24+/m1/s1. The summed E-state index contributed by atoms with van der Waals surface area (Å²) < 4.78 is 17.8. The molecule has 1 aliphatic heterocycles. The van der Waals surface area contributed by atoms with Crippen LogP contribution in [0.15, 0.2) is 0 Å². The van der Waals surface area contributed by atoms with Gasteiger partial charge >= 0.3 is 0 Å². The van der Waals surface area contributed by atoms with Gasteiger partial charge in [0.25, 0.3) is 0 Å². The van der Waals surface area contributed by atoms with Gasteiger partial charge in [-0.15, -0.1) is 0 Å². The number of ether oxygens (including phenoxy) is 3. The van der Waals surface area contributed by atoms with Gasteiger partial charge < -0.3 is 34.6 Å². The van der Waals surface area contributed by atoms with E-state index >= 15 is 0 Å². The molecular formula is C24H39NO7. The molecule has 5 saturated carbocycles. The van der Waals surface area contributed by atoms with Crippen LogP contribution >= 0.6 is 0 Å². The third kappa shape index (κ3) is 1.96. The Morgan fingerprint density at radius 3 is 2.50 bits per heavy atom. The number of hydrogen-bond acceptors (Lipinski definition) is 8. The summed E-state index contributed by atoms with van der Waals surface area (Å²) in [6.45, 7) is 3.98. The predicted octanol–water partition coefficient (Wildman–Crippen LogP) is -0.383. The number of nitrogens with zero attached hydrogens (tertiary/aromatic N) is 1. The molecule has 0 amide bonds. The number of fused-ring (bicyclic) bond motifs is 2. The van der Waals surface area contributed by atoms with Crippen molar-refractivity contribution in [2.75, 3.05) is 41.0 Å². The number of piperidine rings is 1. The van der Waals surface area contributed by atoms with Gasteiger partial charge in [0.2, 0.25) is 0 Å². The summed E-state index contributed by atoms with van der Waals surface area (Å²) in [5.41, 5.74) is -3.85. The predicted molar refractivity (Wildman–Crippen MR) is 114 cm³/mol. The molecule has 6 fully saturated rings. The van der Waals surface area contributed by atoms with Crippen LogP contribution in [0.1, 0.15) is 32.6 Å². The van der Waals surface area contributed by atoms with Crippen LogP contribution in [0.4, 0.5) is 0 Å². The van der Waals surface area contributed by atoms with Gasteiger partial charge in [0.15, 0.2) is 0 Å². The maximum Gasteiger partial charge on any atom is 0.136 e. The second-order valence-corrected chi connectivity index (χ2v) is 11.7. The van der Waals surface area contributed by atoms with Crippen LogP contribution in [0.2, 0.25) is 0 Å². The van der Waals surface area contributed by atoms with Gasteiger partial charge in [0.05, 0.1) is 37.1 Å². The highest BCUT2D eigenvalue weighted by atomic mass is 16.5. The lowest BCUT2D eigenvalue weighted by Crippen LogP contribution is -2.82. The molecule has 7 bridgehead atoms. The summed E-state index contributed by atoms with van der Waals surface area (Å²) in [7, 11) is 4.95. The number of hydrogen-bond donors (Lipinski definition) is 4. The number of methoxy groups -OCH3 is 3. The van der Waals surface area contributed by atoms with Crippen LogP contribution in [0.5, 0.6) is 0 Å². The van der Waals surface area contributed by atoms with Crippen molar-refractivity contribution in [2.45, 2.75) is 74.3 Å². The first kappa shape index (κ1) is 22.2. The lowest BCUT2D eigenvalue weighted by Gasteiger charge is -2.70. The molecule has 182 valence electrons. The van der Waals surface area contributed by atoms with Crippen LogP contribution in [0.3, 0.4) is 0 Å². The van der Waals surface area contributed by atoms with Crippen molar-refractivity contribution in [3.05, 3.63) is 0 Å². The summed E-state index contributed by atoms with van der Waals surface area (Å²) in [5, 5.41) is 48.2. The van der Waals surface area contributed by atoms with Gasteiger partial charge in [-0.2, -0.15) is 0 Å². The number of aliphatic hydroxyl groups excluding tert-OH is 3. The summed E-state index contributed by atoms with van der Waals surface area (Å²) in [5.74, 6) is -0.800. The maximum absolute atomic E-state index is 12.8. The fourth-order valence-electron chi connectivity index (χ4n) is 10.8. The Labute approximate surface area is 189 Å². The van der Waals surface area contributed by atoms with Gasteiger partial charge in [0.1, 0.15) is 11.2 Å². The normalized spacial score (nSPS) is 62.4. The van der Waals surface area contributed by atoms with Crippen molar-refractivity contribution in [3.8, 4) is 0 Å². The number of rotatable bonds is 5. The Morgan fingerprint density at radius 1 is 1.12 bits per heavy atom. The first-order valence-electron chi connectivity index (χ1n) is 12.3. The molecule has 0 aromatic carbocycles. The van der Waals surface area contributed by atoms with E-state index in [1.807, 2.05) is 0 Å². The van der Waals surface area contributed by atoms with Crippen molar-refractivity contribution in [2.24, 2.45) is 34.5 Å². The van der Waals surface area contributed by atoms with Crippen molar-refractivity contribution in [3.63, 3.8) is 0 Å². The van der Waals surface area contributed by atoms with Gasteiger partial charge in [0, 0.05) is 62.9 Å². The van der Waals surface area contributed by atoms with Gasteiger partial charge in [-0.05, 0) is 31.7 Å². The lowest BCUT2D eigenvalue weighted by molar-refractivity contribution is -0.323. The molecule has 1 spiro atoms. The van der Waals surface area contributed by atoms with Crippen molar-refractivity contribution >= 4 is 0 Å². The fourth-order valence-corrected chi connectivity index (χ4v) is 10.8. The number of likely N-dealkylation sites (tertiary alicyclic amines) is 1. The molecule has 0 aromatic rings. The smallest absolute Gasteiger partial charge is 0.136 e. The third-order valence-electron chi connectivity index (χ3n) is 11.3. The average Bonchev–Trinajstić information content (AvgIpc) is 3.12. The summed E-state index contributed by atoms with van der Waals surface area (Å²) in [6.07, 6.45) is -0.201. The Morgan fingerprint density at radius 2 is 1.88 bits per heavy atom. The molecular weight excluding hydrogens is 414 g/mol. The molecule has 5 aliphatic carbocycles. The Kier molecular flexibility index (Phi) is 4.62. The molecule has 1 heterocycles. The fraction of sp³-hybridized carbons (Fsp3) is 1.00. The van der Waals surface area contributed by atoms with E-state index in [9.17, 15) is 20.4 Å². The Balaban J connectivity index is 1.67. The molecule has 0 unspecified atom stereocenters. The lowest BCUT2D eigenvalue weighted by atomic mass is 9.42. The van der Waals surface area contributed by atoms with E-state index in [2.05, 4.69) is 11.8 Å². The van der Waals surface area contributed by atoms with E-state index in [1.54, 1.807) is 21.3 Å². The Hall–Kier alpha value is -0.320. The minimum Gasteiger partial charge on any atom is -0.392 e. The molecule has 8 heteroatoms. The van der Waals surface area contributed by atoms with E-state index in [-0.39, 0.29) is 35.2 Å². The van der Waals surface area contributed by atoms with Crippen molar-refractivity contribution in [1.82, 2.24) is 4.90 Å². The van der Waals surface area contributed by atoms with E-state index in [0.717, 1.165) is 13.0 Å². The monoisotopic (exact) mass is 453 g/mol. The Bertz CT molecular complexity index is 798. The molecule has 0 radical (unpaired) electrons. The molecule has 32 heavy (non-hydrogen) atoms. The zero-order chi connectivity index (χ0) is 22.8. The molecule has 4 N–H and O–H groups in total. The highest BCUT2D eigenvalue weighted by molar-refractivity contribution is 5.41. The first-order chi connectivity index (χ1) is 15.2. The molecule has 6 aliphatic rings. The second kappa shape index (κ2) is 6.66. The van der Waals surface area contributed by atoms with Gasteiger partial charge in [-0.25, -0.2) is 0 Å². The van der Waals surface area contributed by atoms with Crippen LogP contribution in [-0.2, 0) is 14.2 Å². The van der Waals surface area contributed by atoms with Crippen LogP contribution < -0.4 is 0 Å². The van der Waals surface area contributed by atoms with Crippen molar-refractivity contribution in [1.29, 1.82) is 0 Å². The highest BCUT2D eigenvalue weighted by Crippen LogP contribution is 2.80. The molecule has 0 aromatic heterocycles. The van der Waals surface area contributed by atoms with Crippen LogP contribution in [0, 0.1) is 34.5 Å². The summed E-state index contributed by atoms with van der Waals surface area (Å²) in [4.78, 5) is 2.28. The maximum atomic E-state index is 12.8. The van der Waals surface area contributed by atoms with Crippen LogP contribution in [-0.4, -0.2) is 108 Å². The van der Waals surface area contributed by atoms with Gasteiger partial charge in [-0.3, -0.25) is 4.90 Å². The van der Waals surface area contributed by atoms with E-state index in [4.69, 9.17) is 14.2 Å². The van der Waals surface area contributed by atoms with Gasteiger partial charge in [-0.1, -0.05) is 6.92 Å². The minimum absolute atomic E-state index is 0.0607. The van der Waals surface area contributed by atoms with E-state index < -0.39 is 41.0 Å². The topological polar surface area (TPSA) is 112 Å². The summed E-state index contributed by atoms with van der Waals surface area (Å²) >= 11 is 0. The quantitative estimate of drug-likeness (QED) is 0.446. The number of aliphatic hydroxyl groups is 4. The second-order valence-electron chi connectivity index (χ2n) is 11.7. The third-order valence-corrected chi connectivity index (χ3v) is 11.3. The van der Waals surface area contributed by atoms with Crippen molar-refractivity contribution < 1.29 is 34.6 Å². The SMILES string of the molecule is CCN1C[C@]2(COC)CC[C@H](O)[C@@]34[C@@H]5C[C@H]6[C@H](O)[C@@H]5[C@](OC)(C[C@@H]6OC)[C@](O)([C@H](O)[C@H]23)[C@@H]14. The molecule has 13 atom stereocenters.